The van der Waals surface area contributed by atoms with Gasteiger partial charge in [-0.15, -0.1) is 0 Å². The summed E-state index contributed by atoms with van der Waals surface area (Å²) in [5.74, 6) is -0.100. The fraction of sp³-hybridized carbons (Fsp3) is 0.235. The Hall–Kier alpha value is -2.26. The molecule has 10 heteroatoms. The summed E-state index contributed by atoms with van der Waals surface area (Å²) in [7, 11) is 0. The Morgan fingerprint density at radius 1 is 1.33 bits per heavy atom. The quantitative estimate of drug-likeness (QED) is 0.594. The molecule has 0 radical (unpaired) electrons. The maximum absolute atomic E-state index is 12.7. The van der Waals surface area contributed by atoms with Gasteiger partial charge in [-0.25, -0.2) is 8.78 Å². The third-order valence-corrected chi connectivity index (χ3v) is 4.73. The normalized spacial score (nSPS) is 11.2. The Balaban J connectivity index is 1.68. The van der Waals surface area contributed by atoms with Gasteiger partial charge in [0.15, 0.2) is 5.82 Å². The Kier molecular flexibility index (Phi) is 5.91. The van der Waals surface area contributed by atoms with E-state index in [1.54, 1.807) is 23.9 Å². The van der Waals surface area contributed by atoms with Gasteiger partial charge in [-0.1, -0.05) is 29.8 Å². The molecule has 0 aliphatic heterocycles. The molecule has 6 nitrogen and oxygen atoms in total. The van der Waals surface area contributed by atoms with Crippen LogP contribution in [0.4, 0.5) is 14.6 Å². The number of aryl methyl sites for hydroxylation is 1. The maximum atomic E-state index is 12.7. The van der Waals surface area contributed by atoms with E-state index in [9.17, 15) is 13.6 Å². The van der Waals surface area contributed by atoms with Gasteiger partial charge in [-0.2, -0.15) is 10.2 Å². The van der Waals surface area contributed by atoms with Crippen molar-refractivity contribution >= 4 is 39.3 Å². The number of benzene rings is 1. The van der Waals surface area contributed by atoms with E-state index in [-0.39, 0.29) is 12.2 Å². The predicted octanol–water partition coefficient (Wildman–Crippen LogP) is 4.43. The molecule has 3 aromatic rings. The summed E-state index contributed by atoms with van der Waals surface area (Å²) in [5.41, 5.74) is 1.01. The van der Waals surface area contributed by atoms with Crippen LogP contribution in [-0.2, 0) is 17.9 Å². The number of halogens is 4. The first-order chi connectivity index (χ1) is 12.8. The monoisotopic (exact) mass is 457 g/mol. The van der Waals surface area contributed by atoms with Gasteiger partial charge in [-0.3, -0.25) is 14.2 Å². The smallest absolute Gasteiger partial charge is 0.282 e. The van der Waals surface area contributed by atoms with Gasteiger partial charge in [0.05, 0.1) is 11.0 Å². The number of hydrogen-bond acceptors (Lipinski definition) is 3. The maximum Gasteiger partial charge on any atom is 0.282 e. The minimum absolute atomic E-state index is 0.192. The molecular formula is C17H15BrClF2N5O. The van der Waals surface area contributed by atoms with Gasteiger partial charge >= 0.3 is 0 Å². The topological polar surface area (TPSA) is 64.7 Å². The molecule has 0 fully saturated rings. The summed E-state index contributed by atoms with van der Waals surface area (Å²) >= 11 is 9.50. The molecule has 0 aliphatic carbocycles. The molecule has 142 valence electrons. The highest BCUT2D eigenvalue weighted by atomic mass is 79.9. The first-order valence-corrected chi connectivity index (χ1v) is 9.09. The second kappa shape index (κ2) is 8.18. The molecule has 1 N–H and O–H groups in total. The molecule has 27 heavy (non-hydrogen) atoms. The number of anilines is 1. The van der Waals surface area contributed by atoms with Crippen molar-refractivity contribution < 1.29 is 13.6 Å². The molecule has 0 atom stereocenters. The molecule has 0 aliphatic rings. The molecule has 1 amide bonds. The summed E-state index contributed by atoms with van der Waals surface area (Å²) < 4.78 is 28.9. The fourth-order valence-electron chi connectivity index (χ4n) is 2.47. The molecule has 1 aromatic carbocycles. The zero-order valence-corrected chi connectivity index (χ0v) is 16.5. The molecule has 0 saturated heterocycles. The molecule has 0 unspecified atom stereocenters. The van der Waals surface area contributed by atoms with Gasteiger partial charge in [0.1, 0.15) is 12.2 Å². The van der Waals surface area contributed by atoms with E-state index in [2.05, 4.69) is 31.4 Å². The van der Waals surface area contributed by atoms with Crippen LogP contribution in [0.1, 0.15) is 23.4 Å². The Bertz CT molecular complexity index is 972. The zero-order chi connectivity index (χ0) is 19.6. The molecular weight excluding hydrogens is 444 g/mol. The number of nitrogens with one attached hydrogen (secondary N) is 1. The number of carbonyl (C=O) groups is 1. The van der Waals surface area contributed by atoms with Crippen LogP contribution in [0.2, 0.25) is 5.02 Å². The number of amides is 1. The third-order valence-electron chi connectivity index (χ3n) is 3.78. The van der Waals surface area contributed by atoms with Gasteiger partial charge in [0.25, 0.3) is 6.43 Å². The molecule has 2 heterocycles. The van der Waals surface area contributed by atoms with E-state index in [0.717, 1.165) is 5.56 Å². The third kappa shape index (κ3) is 4.72. The van der Waals surface area contributed by atoms with E-state index in [1.165, 1.54) is 10.7 Å². The summed E-state index contributed by atoms with van der Waals surface area (Å²) in [4.78, 5) is 12.2. The Labute approximate surface area is 167 Å². The second-order valence-corrected chi connectivity index (χ2v) is 7.09. The van der Waals surface area contributed by atoms with Crippen molar-refractivity contribution in [3.63, 3.8) is 0 Å². The molecule has 0 spiro atoms. The lowest BCUT2D eigenvalue weighted by atomic mass is 10.2. The van der Waals surface area contributed by atoms with E-state index in [4.69, 9.17) is 11.6 Å². The van der Waals surface area contributed by atoms with E-state index < -0.39 is 12.3 Å². The number of nitrogens with zero attached hydrogens (tertiary/aromatic N) is 4. The van der Waals surface area contributed by atoms with Crippen LogP contribution in [0.5, 0.6) is 0 Å². The lowest BCUT2D eigenvalue weighted by Crippen LogP contribution is -2.21. The van der Waals surface area contributed by atoms with Crippen LogP contribution in [-0.4, -0.2) is 25.5 Å². The average Bonchev–Trinajstić information content (AvgIpc) is 3.13. The lowest BCUT2D eigenvalue weighted by molar-refractivity contribution is -0.117. The fourth-order valence-corrected chi connectivity index (χ4v) is 3.08. The first kappa shape index (κ1) is 19.5. The largest absolute Gasteiger partial charge is 0.307 e. The SMILES string of the molecule is Cc1cc(C(F)F)nn1CC(=O)Nc1nn(Cc2ccccc2Cl)cc1Br. The van der Waals surface area contributed by atoms with E-state index in [0.29, 0.717) is 27.6 Å². The standard InChI is InChI=1S/C17H15BrClF2N5O/c1-10-6-14(16(20)21)23-26(10)9-15(27)22-17-12(18)8-25(24-17)7-11-4-2-3-5-13(11)19/h2-6,8,16H,7,9H2,1H3,(H,22,24,27). The number of rotatable bonds is 6. The number of carbonyl (C=O) groups excluding carboxylic acids is 1. The van der Waals surface area contributed by atoms with Crippen LogP contribution in [0.3, 0.4) is 0 Å². The molecule has 0 bridgehead atoms. The average molecular weight is 459 g/mol. The van der Waals surface area contributed by atoms with Crippen molar-refractivity contribution in [1.29, 1.82) is 0 Å². The number of aromatic nitrogens is 4. The number of hydrogen-bond donors (Lipinski definition) is 1. The van der Waals surface area contributed by atoms with Gasteiger partial charge in [0.2, 0.25) is 5.91 Å². The minimum Gasteiger partial charge on any atom is -0.307 e. The van der Waals surface area contributed by atoms with Crippen molar-refractivity contribution in [2.24, 2.45) is 0 Å². The summed E-state index contributed by atoms with van der Waals surface area (Å²) in [6.45, 7) is 1.85. The van der Waals surface area contributed by atoms with Crippen molar-refractivity contribution in [1.82, 2.24) is 19.6 Å². The summed E-state index contributed by atoms with van der Waals surface area (Å²) in [6, 6.07) is 8.65. The first-order valence-electron chi connectivity index (χ1n) is 7.92. The van der Waals surface area contributed by atoms with Crippen LogP contribution >= 0.6 is 27.5 Å². The van der Waals surface area contributed by atoms with Gasteiger partial charge in [-0.05, 0) is 40.5 Å². The number of alkyl halides is 2. The summed E-state index contributed by atoms with van der Waals surface area (Å²) in [6.07, 6.45) is -0.963. The van der Waals surface area contributed by atoms with Crippen molar-refractivity contribution in [3.05, 3.63) is 63.0 Å². The molecule has 3 rings (SSSR count). The highest BCUT2D eigenvalue weighted by Gasteiger charge is 2.16. The van der Waals surface area contributed by atoms with Crippen LogP contribution in [0, 0.1) is 6.92 Å². The van der Waals surface area contributed by atoms with Crippen molar-refractivity contribution in [2.45, 2.75) is 26.4 Å². The molecule has 0 saturated carbocycles. The molecule has 2 aromatic heterocycles. The highest BCUT2D eigenvalue weighted by Crippen LogP contribution is 2.23. The Morgan fingerprint density at radius 2 is 2.07 bits per heavy atom. The van der Waals surface area contributed by atoms with Gasteiger partial charge < -0.3 is 5.32 Å². The van der Waals surface area contributed by atoms with Gasteiger partial charge in [0, 0.05) is 16.9 Å². The van der Waals surface area contributed by atoms with Crippen LogP contribution in [0.15, 0.2) is 41.0 Å². The second-order valence-electron chi connectivity index (χ2n) is 5.83. The predicted molar refractivity (Wildman–Crippen MR) is 101 cm³/mol. The highest BCUT2D eigenvalue weighted by molar-refractivity contribution is 9.10. The van der Waals surface area contributed by atoms with Crippen LogP contribution < -0.4 is 5.32 Å². The van der Waals surface area contributed by atoms with Crippen molar-refractivity contribution in [3.8, 4) is 0 Å². The van der Waals surface area contributed by atoms with Crippen molar-refractivity contribution in [2.75, 3.05) is 5.32 Å². The minimum atomic E-state index is -2.68. The van der Waals surface area contributed by atoms with E-state index >= 15 is 0 Å². The van der Waals surface area contributed by atoms with Crippen LogP contribution in [0.25, 0.3) is 0 Å². The zero-order valence-electron chi connectivity index (χ0n) is 14.2. The summed E-state index contributed by atoms with van der Waals surface area (Å²) in [5, 5.41) is 11.3. The lowest BCUT2D eigenvalue weighted by Gasteiger charge is -2.06. The van der Waals surface area contributed by atoms with E-state index in [1.807, 2.05) is 18.2 Å². The Morgan fingerprint density at radius 3 is 2.74 bits per heavy atom.